The Morgan fingerprint density at radius 1 is 1.14 bits per heavy atom. The minimum Gasteiger partial charge on any atom is -0.491 e. The van der Waals surface area contributed by atoms with Gasteiger partial charge in [0.25, 0.3) is 5.91 Å². The van der Waals surface area contributed by atoms with Crippen LogP contribution in [0.5, 0.6) is 5.75 Å². The molecule has 0 saturated carbocycles. The van der Waals surface area contributed by atoms with Crippen LogP contribution in [-0.2, 0) is 4.79 Å². The number of nitrogen functional groups attached to an aromatic ring is 1. The average molecular weight is 411 g/mol. The van der Waals surface area contributed by atoms with Crippen LogP contribution in [0.1, 0.15) is 64.2 Å². The molecular formula is C20H38N6O3. The molecule has 29 heavy (non-hydrogen) atoms. The first kappa shape index (κ1) is 28.2. The van der Waals surface area contributed by atoms with Gasteiger partial charge in [-0.15, -0.1) is 0 Å². The van der Waals surface area contributed by atoms with Crippen molar-refractivity contribution in [3.8, 4) is 5.75 Å². The summed E-state index contributed by atoms with van der Waals surface area (Å²) in [4.78, 5) is 27.8. The Labute approximate surface area is 174 Å². The predicted octanol–water partition coefficient (Wildman–Crippen LogP) is 1.75. The second-order valence-corrected chi connectivity index (χ2v) is 5.48. The number of ether oxygens (including phenoxy) is 1. The highest BCUT2D eigenvalue weighted by Crippen LogP contribution is 2.22. The molecule has 0 fully saturated rings. The lowest BCUT2D eigenvalue weighted by Gasteiger charge is -2.17. The number of guanidine groups is 1. The number of primary amides is 1. The lowest BCUT2D eigenvalue weighted by Crippen LogP contribution is -2.44. The third-order valence-electron chi connectivity index (χ3n) is 3.39. The number of nitrogens with two attached hydrogens (primary N) is 4. The second-order valence-electron chi connectivity index (χ2n) is 5.48. The van der Waals surface area contributed by atoms with Crippen molar-refractivity contribution >= 4 is 23.5 Å². The number of anilines is 1. The third-order valence-corrected chi connectivity index (χ3v) is 3.39. The van der Waals surface area contributed by atoms with E-state index in [1.54, 1.807) is 12.1 Å². The van der Waals surface area contributed by atoms with E-state index in [1.807, 2.05) is 34.6 Å². The Hall–Kier alpha value is -2.97. The van der Waals surface area contributed by atoms with Crippen molar-refractivity contribution in [3.05, 3.63) is 23.8 Å². The van der Waals surface area contributed by atoms with Crippen molar-refractivity contribution in [1.29, 1.82) is 0 Å². The van der Waals surface area contributed by atoms with Crippen molar-refractivity contribution < 1.29 is 14.3 Å². The summed E-state index contributed by atoms with van der Waals surface area (Å²) in [6.45, 7) is 10.4. The van der Waals surface area contributed by atoms with Gasteiger partial charge in [0.2, 0.25) is 5.91 Å². The molecule has 0 aliphatic heterocycles. The molecule has 0 spiro atoms. The first-order chi connectivity index (χ1) is 13.8. The number of benzene rings is 1. The molecule has 2 amide bonds. The van der Waals surface area contributed by atoms with Crippen LogP contribution in [0.25, 0.3) is 0 Å². The van der Waals surface area contributed by atoms with Crippen molar-refractivity contribution in [2.24, 2.45) is 22.2 Å². The predicted molar refractivity (Wildman–Crippen MR) is 120 cm³/mol. The molecule has 1 unspecified atom stereocenters. The van der Waals surface area contributed by atoms with Crippen LogP contribution in [0.15, 0.2) is 23.2 Å². The number of carbonyl (C=O) groups excluding carboxylic acids is 2. The Morgan fingerprint density at radius 2 is 1.76 bits per heavy atom. The van der Waals surface area contributed by atoms with E-state index in [2.05, 4.69) is 10.3 Å². The Balaban J connectivity index is 0. The molecule has 0 aliphatic carbocycles. The van der Waals surface area contributed by atoms with Gasteiger partial charge in [0.15, 0.2) is 5.96 Å². The van der Waals surface area contributed by atoms with Gasteiger partial charge in [-0.2, -0.15) is 0 Å². The number of unbranched alkanes of at least 4 members (excludes halogenated alkanes) is 1. The fourth-order valence-electron chi connectivity index (χ4n) is 2.11. The van der Waals surface area contributed by atoms with Gasteiger partial charge in [-0.25, -0.2) is 0 Å². The van der Waals surface area contributed by atoms with Crippen molar-refractivity contribution in [2.75, 3.05) is 18.9 Å². The van der Waals surface area contributed by atoms with Crippen LogP contribution < -0.4 is 33.0 Å². The molecule has 9 nitrogen and oxygen atoms in total. The van der Waals surface area contributed by atoms with E-state index in [0.717, 1.165) is 12.8 Å². The molecule has 9 heteroatoms. The van der Waals surface area contributed by atoms with Gasteiger partial charge < -0.3 is 33.0 Å². The number of hydrogen-bond donors (Lipinski definition) is 5. The van der Waals surface area contributed by atoms with E-state index in [1.165, 1.54) is 6.07 Å². The van der Waals surface area contributed by atoms with Gasteiger partial charge in [0.1, 0.15) is 18.4 Å². The summed E-state index contributed by atoms with van der Waals surface area (Å²) in [5.41, 5.74) is 22.2. The van der Waals surface area contributed by atoms with Crippen LogP contribution in [0, 0.1) is 0 Å². The maximum absolute atomic E-state index is 12.5. The Bertz CT molecular complexity index is 631. The van der Waals surface area contributed by atoms with E-state index >= 15 is 0 Å². The number of carbonyl (C=O) groups is 2. The van der Waals surface area contributed by atoms with Gasteiger partial charge in [0, 0.05) is 5.69 Å². The summed E-state index contributed by atoms with van der Waals surface area (Å²) in [6.07, 6.45) is 2.13. The molecule has 0 heterocycles. The van der Waals surface area contributed by atoms with Gasteiger partial charge in [-0.3, -0.25) is 14.6 Å². The highest BCUT2D eigenvalue weighted by molar-refractivity contribution is 6.00. The van der Waals surface area contributed by atoms with E-state index in [4.69, 9.17) is 27.7 Å². The molecule has 1 atom stereocenters. The summed E-state index contributed by atoms with van der Waals surface area (Å²) in [5, 5.41) is 2.63. The third kappa shape index (κ3) is 12.2. The standard InChI is InChI=1S/C16H26N6O3.2C2H6/c1-2-3-4-12(14(18)23)22-15(24)11-9-10(17)5-6-13(11)25-8-7-21-16(19)20;2*1-2/h5-6,9,12H,2-4,7-8,17H2,1H3,(H2,18,23)(H,22,24)(H4,19,20,21);2*1-2H3. The zero-order valence-electron chi connectivity index (χ0n) is 18.3. The van der Waals surface area contributed by atoms with Gasteiger partial charge in [-0.1, -0.05) is 47.5 Å². The highest BCUT2D eigenvalue weighted by Gasteiger charge is 2.21. The van der Waals surface area contributed by atoms with Crippen LogP contribution in [0.2, 0.25) is 0 Å². The molecule has 0 aromatic heterocycles. The van der Waals surface area contributed by atoms with Crippen LogP contribution in [0.3, 0.4) is 0 Å². The fraction of sp³-hybridized carbons (Fsp3) is 0.550. The number of rotatable bonds is 10. The largest absolute Gasteiger partial charge is 0.491 e. The Morgan fingerprint density at radius 3 is 2.28 bits per heavy atom. The van der Waals surface area contributed by atoms with Crippen LogP contribution in [-0.4, -0.2) is 37.0 Å². The molecule has 166 valence electrons. The first-order valence-electron chi connectivity index (χ1n) is 10.0. The van der Waals surface area contributed by atoms with E-state index in [0.29, 0.717) is 17.9 Å². The molecule has 9 N–H and O–H groups in total. The average Bonchev–Trinajstić information content (AvgIpc) is 2.71. The highest BCUT2D eigenvalue weighted by atomic mass is 16.5. The molecule has 0 saturated heterocycles. The van der Waals surface area contributed by atoms with Gasteiger partial charge in [0.05, 0.1) is 12.1 Å². The number of amides is 2. The van der Waals surface area contributed by atoms with Crippen LogP contribution >= 0.6 is 0 Å². The fourth-order valence-corrected chi connectivity index (χ4v) is 2.11. The summed E-state index contributed by atoms with van der Waals surface area (Å²) in [5.74, 6) is -0.791. The SMILES string of the molecule is CC.CC.CCCCC(NC(=O)c1cc(N)ccc1OCCN=C(N)N)C(N)=O. The summed E-state index contributed by atoms with van der Waals surface area (Å²) >= 11 is 0. The first-order valence-corrected chi connectivity index (χ1v) is 10.0. The topological polar surface area (TPSA) is 172 Å². The van der Waals surface area contributed by atoms with Gasteiger partial charge >= 0.3 is 0 Å². The molecule has 1 rings (SSSR count). The van der Waals surface area contributed by atoms with E-state index in [-0.39, 0.29) is 24.7 Å². The number of nitrogens with one attached hydrogen (secondary N) is 1. The molecular weight excluding hydrogens is 372 g/mol. The van der Waals surface area contributed by atoms with Gasteiger partial charge in [-0.05, 0) is 24.6 Å². The molecule has 1 aromatic rings. The summed E-state index contributed by atoms with van der Waals surface area (Å²) < 4.78 is 5.54. The number of nitrogens with zero attached hydrogens (tertiary/aromatic N) is 1. The number of aliphatic imine (C=N–C) groups is 1. The quantitative estimate of drug-likeness (QED) is 0.170. The van der Waals surface area contributed by atoms with E-state index in [9.17, 15) is 9.59 Å². The van der Waals surface area contributed by atoms with E-state index < -0.39 is 17.9 Å². The molecule has 1 aromatic carbocycles. The van der Waals surface area contributed by atoms with Crippen molar-refractivity contribution in [1.82, 2.24) is 5.32 Å². The lowest BCUT2D eigenvalue weighted by atomic mass is 10.1. The minimum absolute atomic E-state index is 0.0425. The van der Waals surface area contributed by atoms with Crippen molar-refractivity contribution in [3.63, 3.8) is 0 Å². The maximum Gasteiger partial charge on any atom is 0.255 e. The zero-order chi connectivity index (χ0) is 22.8. The number of hydrogen-bond acceptors (Lipinski definition) is 5. The normalized spacial score (nSPS) is 10.2. The van der Waals surface area contributed by atoms with Crippen LogP contribution in [0.4, 0.5) is 5.69 Å². The molecule has 0 bridgehead atoms. The lowest BCUT2D eigenvalue weighted by molar-refractivity contribution is -0.120. The summed E-state index contributed by atoms with van der Waals surface area (Å²) in [7, 11) is 0. The van der Waals surface area contributed by atoms with Crippen molar-refractivity contribution in [2.45, 2.75) is 59.9 Å². The summed E-state index contributed by atoms with van der Waals surface area (Å²) in [6, 6.07) is 3.91. The minimum atomic E-state index is -0.747. The smallest absolute Gasteiger partial charge is 0.255 e. The monoisotopic (exact) mass is 410 g/mol. The molecule has 0 aliphatic rings. The second kappa shape index (κ2) is 17.2. The molecule has 0 radical (unpaired) electrons. The Kier molecular flexibility index (Phi) is 16.7. The zero-order valence-corrected chi connectivity index (χ0v) is 18.3. The maximum atomic E-state index is 12.5.